The van der Waals surface area contributed by atoms with E-state index in [9.17, 15) is 0 Å². The van der Waals surface area contributed by atoms with Gasteiger partial charge in [-0.25, -0.2) is 0 Å². The van der Waals surface area contributed by atoms with Crippen molar-refractivity contribution in [2.45, 2.75) is 12.8 Å². The first-order valence-corrected chi connectivity index (χ1v) is 7.29. The van der Waals surface area contributed by atoms with Crippen LogP contribution in [0.4, 0.5) is 0 Å². The number of rotatable bonds is 1. The van der Waals surface area contributed by atoms with E-state index in [0.29, 0.717) is 0 Å². The first-order valence-electron chi connectivity index (χ1n) is 6.53. The Morgan fingerprint density at radius 1 is 1.05 bits per heavy atom. The quantitative estimate of drug-likeness (QED) is 0.838. The van der Waals surface area contributed by atoms with Gasteiger partial charge in [0.2, 0.25) is 0 Å². The Balaban J connectivity index is 0.000000704. The first kappa shape index (κ1) is 15.2. The summed E-state index contributed by atoms with van der Waals surface area (Å²) in [5, 5.41) is 1.45. The molecule has 2 aromatic carbocycles. The van der Waals surface area contributed by atoms with E-state index >= 15 is 0 Å². The third-order valence-corrected chi connectivity index (χ3v) is 3.68. The number of nitrogens with two attached hydrogens (primary N) is 1. The molecule has 20 heavy (non-hydrogen) atoms. The molecule has 1 aliphatic rings. The van der Waals surface area contributed by atoms with Crippen molar-refractivity contribution in [1.82, 2.24) is 0 Å². The zero-order valence-corrected chi connectivity index (χ0v) is 12.8. The highest BCUT2D eigenvalue weighted by atomic mass is 35.5. The summed E-state index contributed by atoms with van der Waals surface area (Å²) in [5.41, 5.74) is 7.63. The van der Waals surface area contributed by atoms with E-state index in [2.05, 4.69) is 5.73 Å². The van der Waals surface area contributed by atoms with Crippen molar-refractivity contribution in [3.05, 3.63) is 52.0 Å². The minimum Gasteiger partial charge on any atom is -0.493 e. The molecule has 0 atom stereocenters. The molecule has 0 radical (unpaired) electrons. The van der Waals surface area contributed by atoms with E-state index < -0.39 is 0 Å². The van der Waals surface area contributed by atoms with Gasteiger partial charge < -0.3 is 10.5 Å². The summed E-state index contributed by atoms with van der Waals surface area (Å²) in [6.07, 6.45) is 2.04. The molecule has 0 unspecified atom stereocenters. The summed E-state index contributed by atoms with van der Waals surface area (Å²) in [6, 6.07) is 11.7. The van der Waals surface area contributed by atoms with Crippen LogP contribution in [-0.4, -0.2) is 13.7 Å². The summed E-state index contributed by atoms with van der Waals surface area (Å²) in [5.74, 6) is 0.929. The zero-order chi connectivity index (χ0) is 14.5. The standard InChI is InChI=1S/C15H12Cl2O.CH5N/c16-11-8-10-4-3-7-18-15(10)13(9-11)12-5-1-2-6-14(12)17;1-2/h1-2,5-6,8-9H,3-4,7H2;2H2,1H3. The molecule has 0 aromatic heterocycles. The van der Waals surface area contributed by atoms with Gasteiger partial charge in [0.05, 0.1) is 6.61 Å². The maximum Gasteiger partial charge on any atom is 0.130 e. The van der Waals surface area contributed by atoms with Crippen LogP contribution in [0, 0.1) is 0 Å². The number of fused-ring (bicyclic) bond motifs is 1. The third-order valence-electron chi connectivity index (χ3n) is 3.13. The maximum atomic E-state index is 6.25. The summed E-state index contributed by atoms with van der Waals surface area (Å²) in [4.78, 5) is 0. The number of benzene rings is 2. The summed E-state index contributed by atoms with van der Waals surface area (Å²) in [6.45, 7) is 0.756. The molecule has 3 rings (SSSR count). The Morgan fingerprint density at radius 2 is 1.80 bits per heavy atom. The van der Waals surface area contributed by atoms with Crippen LogP contribution >= 0.6 is 23.2 Å². The van der Waals surface area contributed by atoms with Crippen LogP contribution in [0.25, 0.3) is 11.1 Å². The van der Waals surface area contributed by atoms with E-state index in [0.717, 1.165) is 46.4 Å². The monoisotopic (exact) mass is 309 g/mol. The first-order chi connectivity index (χ1) is 9.75. The predicted molar refractivity (Wildman–Crippen MR) is 85.8 cm³/mol. The highest BCUT2D eigenvalue weighted by Crippen LogP contribution is 2.41. The number of ether oxygens (including phenoxy) is 1. The topological polar surface area (TPSA) is 35.2 Å². The third kappa shape index (κ3) is 3.09. The molecule has 0 fully saturated rings. The molecule has 0 aliphatic carbocycles. The Morgan fingerprint density at radius 3 is 2.55 bits per heavy atom. The van der Waals surface area contributed by atoms with Gasteiger partial charge >= 0.3 is 0 Å². The SMILES string of the molecule is CN.Clc1cc2c(c(-c3ccccc3Cl)c1)OCCC2. The van der Waals surface area contributed by atoms with Crippen LogP contribution in [-0.2, 0) is 6.42 Å². The maximum absolute atomic E-state index is 6.25. The van der Waals surface area contributed by atoms with Crippen LogP contribution in [0.15, 0.2) is 36.4 Å². The molecule has 2 nitrogen and oxygen atoms in total. The lowest BCUT2D eigenvalue weighted by Crippen LogP contribution is -2.09. The smallest absolute Gasteiger partial charge is 0.130 e. The Bertz CT molecular complexity index is 599. The van der Waals surface area contributed by atoms with Gasteiger partial charge in [0, 0.05) is 21.2 Å². The summed E-state index contributed by atoms with van der Waals surface area (Å²) in [7, 11) is 1.50. The minimum absolute atomic E-state index is 0.719. The highest BCUT2D eigenvalue weighted by molar-refractivity contribution is 6.34. The van der Waals surface area contributed by atoms with Crippen LogP contribution in [0.3, 0.4) is 0 Å². The fourth-order valence-corrected chi connectivity index (χ4v) is 2.80. The van der Waals surface area contributed by atoms with Gasteiger partial charge in [-0.1, -0.05) is 41.4 Å². The number of halogens is 2. The van der Waals surface area contributed by atoms with Gasteiger partial charge in [0.25, 0.3) is 0 Å². The zero-order valence-electron chi connectivity index (χ0n) is 11.3. The van der Waals surface area contributed by atoms with Gasteiger partial charge in [-0.15, -0.1) is 0 Å². The molecule has 1 aliphatic heterocycles. The van der Waals surface area contributed by atoms with Gasteiger partial charge in [0.1, 0.15) is 5.75 Å². The van der Waals surface area contributed by atoms with E-state index in [1.165, 1.54) is 12.6 Å². The largest absolute Gasteiger partial charge is 0.493 e. The molecule has 0 bridgehead atoms. The average molecular weight is 310 g/mol. The lowest BCUT2D eigenvalue weighted by atomic mass is 9.97. The molecular weight excluding hydrogens is 293 g/mol. The van der Waals surface area contributed by atoms with Crippen molar-refractivity contribution in [3.63, 3.8) is 0 Å². The van der Waals surface area contributed by atoms with Crippen molar-refractivity contribution < 1.29 is 4.74 Å². The van der Waals surface area contributed by atoms with Crippen molar-refractivity contribution in [1.29, 1.82) is 0 Å². The molecule has 4 heteroatoms. The molecule has 0 spiro atoms. The molecule has 0 amide bonds. The number of hydrogen-bond donors (Lipinski definition) is 1. The van der Waals surface area contributed by atoms with Crippen molar-refractivity contribution in [3.8, 4) is 16.9 Å². The Kier molecular flexibility index (Phi) is 5.30. The molecule has 106 valence electrons. The van der Waals surface area contributed by atoms with Gasteiger partial charge in [-0.2, -0.15) is 0 Å². The summed E-state index contributed by atoms with van der Waals surface area (Å²) < 4.78 is 5.80. The molecule has 2 aromatic rings. The molecule has 2 N–H and O–H groups in total. The lowest BCUT2D eigenvalue weighted by molar-refractivity contribution is 0.289. The van der Waals surface area contributed by atoms with Crippen molar-refractivity contribution >= 4 is 23.2 Å². The van der Waals surface area contributed by atoms with E-state index in [4.69, 9.17) is 27.9 Å². The van der Waals surface area contributed by atoms with Crippen molar-refractivity contribution in [2.24, 2.45) is 5.73 Å². The second-order valence-corrected chi connectivity index (χ2v) is 5.22. The van der Waals surface area contributed by atoms with Gasteiger partial charge in [-0.05, 0) is 43.7 Å². The fraction of sp³-hybridized carbons (Fsp3) is 0.250. The molecule has 1 heterocycles. The van der Waals surface area contributed by atoms with Crippen molar-refractivity contribution in [2.75, 3.05) is 13.7 Å². The Hall–Kier alpha value is -1.22. The van der Waals surface area contributed by atoms with E-state index in [-0.39, 0.29) is 0 Å². The molecule has 0 saturated carbocycles. The fourth-order valence-electron chi connectivity index (χ4n) is 2.32. The molecular formula is C16H17Cl2NO. The highest BCUT2D eigenvalue weighted by Gasteiger charge is 2.18. The van der Waals surface area contributed by atoms with Gasteiger partial charge in [-0.3, -0.25) is 0 Å². The van der Waals surface area contributed by atoms with Crippen LogP contribution < -0.4 is 10.5 Å². The van der Waals surface area contributed by atoms with Gasteiger partial charge in [0.15, 0.2) is 0 Å². The van der Waals surface area contributed by atoms with Crippen LogP contribution in [0.2, 0.25) is 10.0 Å². The number of aryl methyl sites for hydroxylation is 1. The Labute approximate surface area is 129 Å². The van der Waals surface area contributed by atoms with E-state index in [1.54, 1.807) is 0 Å². The predicted octanol–water partition coefficient (Wildman–Crippen LogP) is 4.56. The lowest BCUT2D eigenvalue weighted by Gasteiger charge is -2.21. The average Bonchev–Trinajstić information content (AvgIpc) is 2.49. The summed E-state index contributed by atoms with van der Waals surface area (Å²) >= 11 is 12.4. The second-order valence-electron chi connectivity index (χ2n) is 4.37. The van der Waals surface area contributed by atoms with Crippen LogP contribution in [0.5, 0.6) is 5.75 Å². The number of hydrogen-bond acceptors (Lipinski definition) is 2. The van der Waals surface area contributed by atoms with Crippen LogP contribution in [0.1, 0.15) is 12.0 Å². The normalized spacial score (nSPS) is 12.8. The minimum atomic E-state index is 0.719. The van der Waals surface area contributed by atoms with E-state index in [1.807, 2.05) is 36.4 Å². The molecule has 0 saturated heterocycles. The second kappa shape index (κ2) is 6.98.